The van der Waals surface area contributed by atoms with E-state index >= 15 is 0 Å². The molecule has 0 aromatic rings. The Bertz CT molecular complexity index is 227. The summed E-state index contributed by atoms with van der Waals surface area (Å²) in [6, 6.07) is 0. The molecule has 0 rings (SSSR count). The molecule has 0 radical (unpaired) electrons. The third-order valence-corrected chi connectivity index (χ3v) is 3.14. The Morgan fingerprint density at radius 3 is 1.90 bits per heavy atom. The molecule has 0 saturated heterocycles. The maximum atomic E-state index is 9.87. The molecule has 0 aliphatic carbocycles. The van der Waals surface area contributed by atoms with Crippen molar-refractivity contribution in [3.05, 3.63) is 0 Å². The molecule has 0 aliphatic heterocycles. The highest BCUT2D eigenvalue weighted by Gasteiger charge is 2.35. The van der Waals surface area contributed by atoms with Crippen molar-refractivity contribution < 1.29 is 35.4 Å². The van der Waals surface area contributed by atoms with Crippen LogP contribution in [0.25, 0.3) is 0 Å². The van der Waals surface area contributed by atoms with Gasteiger partial charge in [-0.05, 0) is 6.42 Å². The molecule has 5 atom stereocenters. The smallest absolute Gasteiger partial charge is 0.114 e. The van der Waals surface area contributed by atoms with Gasteiger partial charge in [0.1, 0.15) is 30.5 Å². The molecule has 122 valence electrons. The number of hydrogen-bond donors (Lipinski definition) is 6. The van der Waals surface area contributed by atoms with Crippen LogP contribution in [0.2, 0.25) is 0 Å². The zero-order chi connectivity index (χ0) is 15.5. The predicted octanol–water partition coefficient (Wildman–Crippen LogP) is -1.62. The van der Waals surface area contributed by atoms with Crippen LogP contribution in [0.15, 0.2) is 0 Å². The molecule has 0 amide bonds. The fourth-order valence-electron chi connectivity index (χ4n) is 1.82. The molecule has 0 aromatic carbocycles. The Morgan fingerprint density at radius 2 is 1.40 bits per heavy atom. The maximum Gasteiger partial charge on any atom is 0.114 e. The Balaban J connectivity index is 4.39. The van der Waals surface area contributed by atoms with Crippen molar-refractivity contribution >= 4 is 0 Å². The number of aliphatic hydroxyl groups excluding tert-OH is 6. The largest absolute Gasteiger partial charge is 0.394 e. The molecule has 0 saturated carbocycles. The van der Waals surface area contributed by atoms with Crippen LogP contribution in [0.3, 0.4) is 0 Å². The van der Waals surface area contributed by atoms with Gasteiger partial charge in [0.2, 0.25) is 0 Å². The van der Waals surface area contributed by atoms with E-state index in [1.54, 1.807) is 0 Å². The van der Waals surface area contributed by atoms with Crippen molar-refractivity contribution in [2.24, 2.45) is 0 Å². The topological polar surface area (TPSA) is 131 Å². The third kappa shape index (κ3) is 6.94. The van der Waals surface area contributed by atoms with E-state index in [4.69, 9.17) is 14.9 Å². The van der Waals surface area contributed by atoms with Crippen LogP contribution >= 0.6 is 0 Å². The Hall–Kier alpha value is -0.280. The second-order valence-corrected chi connectivity index (χ2v) is 4.88. The number of aliphatic hydroxyl groups is 6. The zero-order valence-corrected chi connectivity index (χ0v) is 11.9. The highest BCUT2D eigenvalue weighted by atomic mass is 16.5. The molecule has 0 fully saturated rings. The number of unbranched alkanes of at least 4 members (excludes halogenated alkanes) is 3. The number of hydrogen-bond acceptors (Lipinski definition) is 7. The Kier molecular flexibility index (Phi) is 11.2. The van der Waals surface area contributed by atoms with Gasteiger partial charge in [-0.2, -0.15) is 0 Å². The molecular formula is C13H28O7. The standard InChI is InChI=1S/C13H28O7/c1-2-3-4-5-6-20-13(10(17)8-15)12(19)11(18)9(16)7-14/h9-19H,2-8H2,1H3/t9-,10-,11?,12-,13?/m0/s1. The molecule has 20 heavy (non-hydrogen) atoms. The second-order valence-electron chi connectivity index (χ2n) is 4.88. The van der Waals surface area contributed by atoms with Gasteiger partial charge in [-0.1, -0.05) is 26.2 Å². The lowest BCUT2D eigenvalue weighted by Crippen LogP contribution is -2.52. The first-order valence-electron chi connectivity index (χ1n) is 7.05. The van der Waals surface area contributed by atoms with Gasteiger partial charge in [-0.25, -0.2) is 0 Å². The summed E-state index contributed by atoms with van der Waals surface area (Å²) in [5.74, 6) is 0. The predicted molar refractivity (Wildman–Crippen MR) is 72.1 cm³/mol. The van der Waals surface area contributed by atoms with E-state index in [2.05, 4.69) is 6.92 Å². The van der Waals surface area contributed by atoms with Crippen molar-refractivity contribution in [1.82, 2.24) is 0 Å². The number of ether oxygens (including phenoxy) is 1. The second kappa shape index (κ2) is 11.4. The van der Waals surface area contributed by atoms with Crippen molar-refractivity contribution in [2.45, 2.75) is 63.1 Å². The molecule has 0 aliphatic rings. The molecule has 0 heterocycles. The van der Waals surface area contributed by atoms with E-state index in [0.717, 1.165) is 25.7 Å². The normalized spacial score (nSPS) is 19.4. The van der Waals surface area contributed by atoms with Gasteiger partial charge < -0.3 is 35.4 Å². The minimum atomic E-state index is -1.66. The first-order valence-corrected chi connectivity index (χ1v) is 7.05. The van der Waals surface area contributed by atoms with Crippen molar-refractivity contribution in [1.29, 1.82) is 0 Å². The van der Waals surface area contributed by atoms with Gasteiger partial charge in [0, 0.05) is 6.61 Å². The summed E-state index contributed by atoms with van der Waals surface area (Å²) in [5.41, 5.74) is 0. The van der Waals surface area contributed by atoms with Gasteiger partial charge in [-0.15, -0.1) is 0 Å². The molecule has 0 bridgehead atoms. The summed E-state index contributed by atoms with van der Waals surface area (Å²) in [5, 5.41) is 56.0. The van der Waals surface area contributed by atoms with Crippen LogP contribution in [-0.2, 0) is 4.74 Å². The van der Waals surface area contributed by atoms with Crippen LogP contribution in [0.1, 0.15) is 32.6 Å². The molecular weight excluding hydrogens is 268 g/mol. The van der Waals surface area contributed by atoms with E-state index in [1.165, 1.54) is 0 Å². The van der Waals surface area contributed by atoms with Crippen molar-refractivity contribution in [2.75, 3.05) is 19.8 Å². The van der Waals surface area contributed by atoms with Crippen LogP contribution in [0.4, 0.5) is 0 Å². The number of rotatable bonds is 12. The van der Waals surface area contributed by atoms with Crippen molar-refractivity contribution in [3.63, 3.8) is 0 Å². The average Bonchev–Trinajstić information content (AvgIpc) is 2.47. The monoisotopic (exact) mass is 296 g/mol. The van der Waals surface area contributed by atoms with Gasteiger partial charge in [0.15, 0.2) is 0 Å². The summed E-state index contributed by atoms with van der Waals surface area (Å²) >= 11 is 0. The van der Waals surface area contributed by atoms with Crippen LogP contribution < -0.4 is 0 Å². The van der Waals surface area contributed by atoms with Crippen molar-refractivity contribution in [3.8, 4) is 0 Å². The molecule has 6 N–H and O–H groups in total. The summed E-state index contributed by atoms with van der Waals surface area (Å²) in [7, 11) is 0. The minimum Gasteiger partial charge on any atom is -0.394 e. The van der Waals surface area contributed by atoms with Gasteiger partial charge in [0.05, 0.1) is 13.2 Å². The lowest BCUT2D eigenvalue weighted by atomic mass is 9.99. The first-order chi connectivity index (χ1) is 9.49. The molecule has 7 nitrogen and oxygen atoms in total. The molecule has 0 aromatic heterocycles. The molecule has 2 unspecified atom stereocenters. The summed E-state index contributed by atoms with van der Waals surface area (Å²) in [4.78, 5) is 0. The van der Waals surface area contributed by atoms with Gasteiger partial charge in [-0.3, -0.25) is 0 Å². The summed E-state index contributed by atoms with van der Waals surface area (Å²) in [6.45, 7) is 0.964. The van der Waals surface area contributed by atoms with E-state index in [9.17, 15) is 20.4 Å². The van der Waals surface area contributed by atoms with E-state index in [1.807, 2.05) is 0 Å². The third-order valence-electron chi connectivity index (χ3n) is 3.14. The lowest BCUT2D eigenvalue weighted by molar-refractivity contribution is -0.165. The van der Waals surface area contributed by atoms with Gasteiger partial charge in [0.25, 0.3) is 0 Å². The van der Waals surface area contributed by atoms with Crippen LogP contribution in [-0.4, -0.2) is 81.0 Å². The zero-order valence-electron chi connectivity index (χ0n) is 11.9. The summed E-state index contributed by atoms with van der Waals surface area (Å²) < 4.78 is 5.31. The maximum absolute atomic E-state index is 9.87. The Morgan fingerprint density at radius 1 is 0.800 bits per heavy atom. The first kappa shape index (κ1) is 19.7. The fraction of sp³-hybridized carbons (Fsp3) is 1.00. The average molecular weight is 296 g/mol. The Labute approximate surface area is 119 Å². The van der Waals surface area contributed by atoms with E-state index < -0.39 is 43.7 Å². The summed E-state index contributed by atoms with van der Waals surface area (Å²) in [6.07, 6.45) is -3.63. The SMILES string of the molecule is CCCCCCOC([C@@H](O)C(O)[C@@H](O)CO)[C@@H](O)CO. The molecule has 7 heteroatoms. The van der Waals surface area contributed by atoms with Crippen LogP contribution in [0.5, 0.6) is 0 Å². The van der Waals surface area contributed by atoms with Gasteiger partial charge >= 0.3 is 0 Å². The lowest BCUT2D eigenvalue weighted by Gasteiger charge is -2.31. The van der Waals surface area contributed by atoms with E-state index in [0.29, 0.717) is 0 Å². The fourth-order valence-corrected chi connectivity index (χ4v) is 1.82. The minimum absolute atomic E-state index is 0.265. The van der Waals surface area contributed by atoms with E-state index in [-0.39, 0.29) is 6.61 Å². The highest BCUT2D eigenvalue weighted by molar-refractivity contribution is 4.85. The molecule has 0 spiro atoms. The highest BCUT2D eigenvalue weighted by Crippen LogP contribution is 2.13. The quantitative estimate of drug-likeness (QED) is 0.239. The van der Waals surface area contributed by atoms with Crippen LogP contribution in [0, 0.1) is 0 Å².